The van der Waals surface area contributed by atoms with Crippen LogP contribution in [0.25, 0.3) is 0 Å². The molecule has 0 N–H and O–H groups in total. The summed E-state index contributed by atoms with van der Waals surface area (Å²) in [6, 6.07) is 3.38. The summed E-state index contributed by atoms with van der Waals surface area (Å²) in [5, 5.41) is 0. The van der Waals surface area contributed by atoms with Gasteiger partial charge in [0.05, 0.1) is 20.3 Å². The lowest BCUT2D eigenvalue weighted by Crippen LogP contribution is -2.12. The molecule has 0 aliphatic rings. The lowest BCUT2D eigenvalue weighted by molar-refractivity contribution is 0.0584. The van der Waals surface area contributed by atoms with E-state index < -0.39 is 5.97 Å². The van der Waals surface area contributed by atoms with E-state index in [-0.39, 0.29) is 5.69 Å². The van der Waals surface area contributed by atoms with Crippen molar-refractivity contribution >= 4 is 28.6 Å². The van der Waals surface area contributed by atoms with E-state index in [0.29, 0.717) is 25.6 Å². The average molecular weight is 351 g/mol. The Morgan fingerprint density at radius 3 is 2.94 bits per heavy atom. The Morgan fingerprint density at radius 1 is 1.41 bits per heavy atom. The minimum Gasteiger partial charge on any atom is -0.489 e. The second kappa shape index (κ2) is 8.24. The fourth-order valence-corrected chi connectivity index (χ4v) is 1.44. The van der Waals surface area contributed by atoms with Crippen LogP contribution in [0.3, 0.4) is 0 Å². The van der Waals surface area contributed by atoms with Gasteiger partial charge in [-0.25, -0.2) is 9.78 Å². The third kappa shape index (κ3) is 4.86. The van der Waals surface area contributed by atoms with E-state index in [4.69, 9.17) is 9.47 Å². The number of ether oxygens (including phenoxy) is 3. The first-order chi connectivity index (χ1) is 8.29. The largest absolute Gasteiger partial charge is 0.489 e. The summed E-state index contributed by atoms with van der Waals surface area (Å²) in [6.45, 7) is 1.56. The molecule has 0 fully saturated rings. The van der Waals surface area contributed by atoms with Crippen LogP contribution in [-0.2, 0) is 9.47 Å². The number of methoxy groups -OCH3 is 1. The van der Waals surface area contributed by atoms with Gasteiger partial charge in [0, 0.05) is 10.6 Å². The first-order valence-corrected chi connectivity index (χ1v) is 6.62. The van der Waals surface area contributed by atoms with Crippen molar-refractivity contribution in [2.75, 3.05) is 31.4 Å². The van der Waals surface area contributed by atoms with Crippen LogP contribution in [0, 0.1) is 0 Å². The highest BCUT2D eigenvalue weighted by atomic mass is 127. The van der Waals surface area contributed by atoms with Gasteiger partial charge in [0.15, 0.2) is 11.4 Å². The van der Waals surface area contributed by atoms with Crippen molar-refractivity contribution in [1.82, 2.24) is 4.98 Å². The predicted octanol–water partition coefficient (Wildman–Crippen LogP) is 1.70. The first-order valence-electron chi connectivity index (χ1n) is 5.09. The average Bonchev–Trinajstić information content (AvgIpc) is 2.38. The minimum atomic E-state index is -0.506. The van der Waals surface area contributed by atoms with Gasteiger partial charge in [-0.2, -0.15) is 0 Å². The molecule has 0 bridgehead atoms. The molecule has 0 unspecified atom stereocenters. The summed E-state index contributed by atoms with van der Waals surface area (Å²) in [4.78, 5) is 15.3. The van der Waals surface area contributed by atoms with Gasteiger partial charge in [-0.05, 0) is 12.1 Å². The molecule has 5 nitrogen and oxygen atoms in total. The molecule has 0 saturated heterocycles. The molecule has 94 valence electrons. The molecule has 17 heavy (non-hydrogen) atoms. The van der Waals surface area contributed by atoms with Crippen LogP contribution >= 0.6 is 22.6 Å². The van der Waals surface area contributed by atoms with E-state index in [0.717, 1.165) is 4.43 Å². The highest BCUT2D eigenvalue weighted by Gasteiger charge is 2.13. The third-order valence-corrected chi connectivity index (χ3v) is 2.30. The van der Waals surface area contributed by atoms with E-state index in [1.54, 1.807) is 12.1 Å². The van der Waals surface area contributed by atoms with Crippen LogP contribution in [0.15, 0.2) is 18.3 Å². The Kier molecular flexibility index (Phi) is 6.87. The summed E-state index contributed by atoms with van der Waals surface area (Å²) in [5.41, 5.74) is 0.184. The molecule has 0 radical (unpaired) electrons. The third-order valence-electron chi connectivity index (χ3n) is 1.86. The molecular weight excluding hydrogens is 337 g/mol. The van der Waals surface area contributed by atoms with E-state index in [1.807, 2.05) is 0 Å². The van der Waals surface area contributed by atoms with Gasteiger partial charge >= 0.3 is 5.97 Å². The molecule has 0 saturated carbocycles. The van der Waals surface area contributed by atoms with E-state index >= 15 is 0 Å². The van der Waals surface area contributed by atoms with Crippen molar-refractivity contribution in [3.05, 3.63) is 24.0 Å². The molecule has 1 heterocycles. The maximum Gasteiger partial charge on any atom is 0.360 e. The lowest BCUT2D eigenvalue weighted by atomic mass is 10.3. The monoisotopic (exact) mass is 351 g/mol. The zero-order valence-electron chi connectivity index (χ0n) is 9.52. The summed E-state index contributed by atoms with van der Waals surface area (Å²) in [6.07, 6.45) is 1.52. The predicted molar refractivity (Wildman–Crippen MR) is 70.8 cm³/mol. The minimum absolute atomic E-state index is 0.184. The van der Waals surface area contributed by atoms with Crippen LogP contribution in [-0.4, -0.2) is 42.3 Å². The van der Waals surface area contributed by atoms with Gasteiger partial charge in [0.2, 0.25) is 0 Å². The van der Waals surface area contributed by atoms with Crippen LogP contribution in [0.5, 0.6) is 5.75 Å². The highest BCUT2D eigenvalue weighted by molar-refractivity contribution is 14.1. The number of esters is 1. The number of nitrogens with zero attached hydrogens (tertiary/aromatic N) is 1. The molecule has 0 aliphatic heterocycles. The Bertz CT molecular complexity index is 359. The molecule has 0 aliphatic carbocycles. The van der Waals surface area contributed by atoms with Crippen LogP contribution in [0.1, 0.15) is 10.5 Å². The van der Waals surface area contributed by atoms with Crippen molar-refractivity contribution in [3.63, 3.8) is 0 Å². The van der Waals surface area contributed by atoms with Gasteiger partial charge < -0.3 is 14.2 Å². The molecule has 0 atom stereocenters. The molecule has 6 heteroatoms. The van der Waals surface area contributed by atoms with Gasteiger partial charge in [0.25, 0.3) is 0 Å². The number of aromatic nitrogens is 1. The number of hydrogen-bond donors (Lipinski definition) is 0. The second-order valence-corrected chi connectivity index (χ2v) is 4.07. The van der Waals surface area contributed by atoms with Crippen molar-refractivity contribution in [2.45, 2.75) is 0 Å². The number of rotatable bonds is 7. The number of pyridine rings is 1. The van der Waals surface area contributed by atoms with Gasteiger partial charge in [-0.15, -0.1) is 0 Å². The summed E-state index contributed by atoms with van der Waals surface area (Å²) >= 11 is 2.23. The summed E-state index contributed by atoms with van der Waals surface area (Å²) in [7, 11) is 1.31. The fourth-order valence-electron chi connectivity index (χ4n) is 1.12. The molecule has 1 aromatic heterocycles. The summed E-state index contributed by atoms with van der Waals surface area (Å²) in [5.74, 6) is -0.0915. The normalized spacial score (nSPS) is 10.0. The van der Waals surface area contributed by atoms with Gasteiger partial charge in [-0.3, -0.25) is 0 Å². The highest BCUT2D eigenvalue weighted by Crippen LogP contribution is 2.15. The van der Waals surface area contributed by atoms with Crippen molar-refractivity contribution < 1.29 is 19.0 Å². The van der Waals surface area contributed by atoms with Crippen LogP contribution in [0.4, 0.5) is 0 Å². The van der Waals surface area contributed by atoms with Crippen LogP contribution in [0.2, 0.25) is 0 Å². The van der Waals surface area contributed by atoms with E-state index in [9.17, 15) is 4.79 Å². The summed E-state index contributed by atoms with van der Waals surface area (Å²) < 4.78 is 16.2. The van der Waals surface area contributed by atoms with Gasteiger partial charge in [0.1, 0.15) is 6.61 Å². The lowest BCUT2D eigenvalue weighted by Gasteiger charge is -2.09. The Labute approximate surface area is 114 Å². The zero-order chi connectivity index (χ0) is 12.5. The topological polar surface area (TPSA) is 57.7 Å². The molecule has 0 amide bonds. The molecule has 1 aromatic rings. The smallest absolute Gasteiger partial charge is 0.360 e. The zero-order valence-corrected chi connectivity index (χ0v) is 11.7. The number of carbonyl (C=O) groups excluding carboxylic acids is 1. The number of hydrogen-bond acceptors (Lipinski definition) is 5. The number of halogens is 1. The maximum absolute atomic E-state index is 11.4. The molecule has 0 aromatic carbocycles. The van der Waals surface area contributed by atoms with Crippen molar-refractivity contribution in [3.8, 4) is 5.75 Å². The van der Waals surface area contributed by atoms with Gasteiger partial charge in [-0.1, -0.05) is 22.6 Å². The van der Waals surface area contributed by atoms with E-state index in [1.165, 1.54) is 13.3 Å². The fraction of sp³-hybridized carbons (Fsp3) is 0.455. The van der Waals surface area contributed by atoms with Crippen molar-refractivity contribution in [1.29, 1.82) is 0 Å². The SMILES string of the molecule is COC(=O)c1ncccc1OCCOCCI. The Hall–Kier alpha value is -0.890. The molecule has 0 spiro atoms. The second-order valence-electron chi connectivity index (χ2n) is 2.99. The van der Waals surface area contributed by atoms with E-state index in [2.05, 4.69) is 32.3 Å². The molecule has 1 rings (SSSR count). The van der Waals surface area contributed by atoms with Crippen LogP contribution < -0.4 is 4.74 Å². The quantitative estimate of drug-likeness (QED) is 0.324. The van der Waals surface area contributed by atoms with Crippen molar-refractivity contribution in [2.24, 2.45) is 0 Å². The molecular formula is C11H14INO4. The number of carbonyl (C=O) groups is 1. The Balaban J connectivity index is 2.49. The maximum atomic E-state index is 11.4. The Morgan fingerprint density at radius 2 is 2.24 bits per heavy atom. The number of alkyl halides is 1. The first kappa shape index (κ1) is 14.2. The standard InChI is InChI=1S/C11H14INO4/c1-15-11(14)10-9(3-2-5-13-10)17-8-7-16-6-4-12/h2-3,5H,4,6-8H2,1H3.